The van der Waals surface area contributed by atoms with Gasteiger partial charge in [-0.1, -0.05) is 96.0 Å². The highest BCUT2D eigenvalue weighted by molar-refractivity contribution is 4.88. The Kier molecular flexibility index (Phi) is 18.6. The second-order valence-corrected chi connectivity index (χ2v) is 9.18. The van der Waals surface area contributed by atoms with Crippen molar-refractivity contribution in [3.8, 4) is 0 Å². The summed E-state index contributed by atoms with van der Waals surface area (Å²) in [7, 11) is 0. The largest absolute Gasteiger partial charge is 0.394 e. The minimum absolute atomic E-state index is 0.0996. The normalized spacial score (nSPS) is 22.1. The fourth-order valence-electron chi connectivity index (χ4n) is 4.30. The maximum absolute atomic E-state index is 9.85. The third-order valence-corrected chi connectivity index (χ3v) is 6.37. The summed E-state index contributed by atoms with van der Waals surface area (Å²) < 4.78 is 11.0. The second kappa shape index (κ2) is 20.2. The van der Waals surface area contributed by atoms with Crippen LogP contribution in [0.15, 0.2) is 12.7 Å². The molecule has 1 heterocycles. The number of aliphatic hydroxyl groups excluding tert-OH is 3. The number of hydrogen-bond donors (Lipinski definition) is 3. The highest BCUT2D eigenvalue weighted by Gasteiger charge is 2.40. The summed E-state index contributed by atoms with van der Waals surface area (Å²) in [6.07, 6.45) is 21.3. The second-order valence-electron chi connectivity index (χ2n) is 9.18. The number of unbranched alkanes of at least 4 members (excludes halogenated alkanes) is 16. The number of aliphatic hydroxyl groups is 3. The van der Waals surface area contributed by atoms with Crippen molar-refractivity contribution in [2.45, 2.75) is 134 Å². The fourth-order valence-corrected chi connectivity index (χ4v) is 4.30. The van der Waals surface area contributed by atoms with Crippen molar-refractivity contribution in [3.05, 3.63) is 12.7 Å². The zero-order chi connectivity index (χ0) is 22.6. The van der Waals surface area contributed by atoms with Crippen molar-refractivity contribution in [1.82, 2.24) is 0 Å². The molecule has 3 N–H and O–H groups in total. The molecule has 0 aromatic rings. The number of ether oxygens (including phenoxy) is 2. The van der Waals surface area contributed by atoms with Gasteiger partial charge in [0.25, 0.3) is 0 Å². The Morgan fingerprint density at radius 3 is 1.61 bits per heavy atom. The quantitative estimate of drug-likeness (QED) is 0.157. The van der Waals surface area contributed by atoms with Crippen molar-refractivity contribution in [1.29, 1.82) is 0 Å². The lowest BCUT2D eigenvalue weighted by Crippen LogP contribution is -2.42. The summed E-state index contributed by atoms with van der Waals surface area (Å²) in [6.45, 7) is 4.22. The van der Waals surface area contributed by atoms with Crippen molar-refractivity contribution in [2.75, 3.05) is 19.8 Å². The molecular weight excluding hydrogens is 392 g/mol. The van der Waals surface area contributed by atoms with Crippen LogP contribution in [0.4, 0.5) is 0 Å². The predicted octanol–water partition coefficient (Wildman–Crippen LogP) is 5.30. The van der Waals surface area contributed by atoms with Gasteiger partial charge >= 0.3 is 0 Å². The van der Waals surface area contributed by atoms with Crippen molar-refractivity contribution in [3.63, 3.8) is 0 Å². The highest BCUT2D eigenvalue weighted by atomic mass is 16.6. The Bertz CT molecular complexity index is 403. The van der Waals surface area contributed by atoms with Crippen LogP contribution >= 0.6 is 0 Å². The molecule has 0 bridgehead atoms. The summed E-state index contributed by atoms with van der Waals surface area (Å²) >= 11 is 0. The lowest BCUT2D eigenvalue weighted by atomic mass is 10.0. The van der Waals surface area contributed by atoms with Crippen LogP contribution in [0.1, 0.15) is 109 Å². The van der Waals surface area contributed by atoms with E-state index >= 15 is 0 Å². The van der Waals surface area contributed by atoms with E-state index in [1.54, 1.807) is 0 Å². The van der Waals surface area contributed by atoms with Crippen LogP contribution in [-0.4, -0.2) is 59.6 Å². The maximum atomic E-state index is 9.85. The van der Waals surface area contributed by atoms with Crippen molar-refractivity contribution >= 4 is 0 Å². The van der Waals surface area contributed by atoms with E-state index in [9.17, 15) is 15.3 Å². The summed E-state index contributed by atoms with van der Waals surface area (Å²) in [5, 5.41) is 28.8. The van der Waals surface area contributed by atoms with Gasteiger partial charge in [-0.25, -0.2) is 0 Å². The molecule has 31 heavy (non-hydrogen) atoms. The van der Waals surface area contributed by atoms with E-state index in [0.29, 0.717) is 6.61 Å². The molecule has 0 amide bonds. The Labute approximate surface area is 191 Å². The lowest BCUT2D eigenvalue weighted by molar-refractivity contribution is -0.101. The first-order valence-electron chi connectivity index (χ1n) is 13.0. The first kappa shape index (κ1) is 28.6. The average Bonchev–Trinajstić information content (AvgIpc) is 3.11. The van der Waals surface area contributed by atoms with Gasteiger partial charge in [-0.2, -0.15) is 0 Å². The van der Waals surface area contributed by atoms with E-state index in [1.807, 2.05) is 6.08 Å². The molecule has 1 aliphatic rings. The van der Waals surface area contributed by atoms with Gasteiger partial charge in [0.15, 0.2) is 0 Å². The van der Waals surface area contributed by atoms with Crippen LogP contribution in [0.3, 0.4) is 0 Å². The maximum Gasteiger partial charge on any atom is 0.114 e. The van der Waals surface area contributed by atoms with E-state index < -0.39 is 24.4 Å². The third-order valence-electron chi connectivity index (χ3n) is 6.37. The molecule has 1 saturated heterocycles. The van der Waals surface area contributed by atoms with Crippen LogP contribution in [0, 0.1) is 0 Å². The molecule has 184 valence electrons. The van der Waals surface area contributed by atoms with Crippen molar-refractivity contribution < 1.29 is 24.8 Å². The number of rotatable bonds is 22. The molecule has 0 aliphatic carbocycles. The summed E-state index contributed by atoms with van der Waals surface area (Å²) in [6, 6.07) is 0. The molecule has 0 saturated carbocycles. The Morgan fingerprint density at radius 2 is 1.23 bits per heavy atom. The monoisotopic (exact) mass is 442 g/mol. The first-order valence-corrected chi connectivity index (χ1v) is 13.0. The summed E-state index contributed by atoms with van der Waals surface area (Å²) in [4.78, 5) is 0. The zero-order valence-corrected chi connectivity index (χ0v) is 19.9. The summed E-state index contributed by atoms with van der Waals surface area (Å²) in [5.41, 5.74) is 0. The third kappa shape index (κ3) is 14.3. The molecular formula is C26H50O5. The molecule has 5 nitrogen and oxygen atoms in total. The minimum atomic E-state index is -0.977. The van der Waals surface area contributed by atoms with Crippen LogP contribution in [0.25, 0.3) is 0 Å². The number of hydrogen-bond acceptors (Lipinski definition) is 5. The first-order chi connectivity index (χ1) is 15.2. The smallest absolute Gasteiger partial charge is 0.114 e. The predicted molar refractivity (Wildman–Crippen MR) is 127 cm³/mol. The molecule has 1 aliphatic heterocycles. The SMILES string of the molecule is C=CCCCCCCCCCCCCCCCCCCO[C@H](CO)[C@@H]1OC[C@H](O)[C@@H]1O. The van der Waals surface area contributed by atoms with Gasteiger partial charge in [-0.3, -0.25) is 0 Å². The molecule has 0 radical (unpaired) electrons. The van der Waals surface area contributed by atoms with Crippen LogP contribution in [0.2, 0.25) is 0 Å². The van der Waals surface area contributed by atoms with E-state index in [0.717, 1.165) is 12.8 Å². The van der Waals surface area contributed by atoms with Crippen LogP contribution < -0.4 is 0 Å². The molecule has 1 rings (SSSR count). The molecule has 0 unspecified atom stereocenters. The molecule has 0 spiro atoms. The van der Waals surface area contributed by atoms with Crippen LogP contribution in [0.5, 0.6) is 0 Å². The Balaban J connectivity index is 1.78. The zero-order valence-electron chi connectivity index (χ0n) is 19.9. The topological polar surface area (TPSA) is 79.2 Å². The molecule has 0 aromatic heterocycles. The van der Waals surface area contributed by atoms with Gasteiger partial charge in [0.1, 0.15) is 24.4 Å². The molecule has 1 fully saturated rings. The lowest BCUT2D eigenvalue weighted by Gasteiger charge is -2.24. The van der Waals surface area contributed by atoms with Gasteiger partial charge in [0.2, 0.25) is 0 Å². The number of allylic oxidation sites excluding steroid dienone is 1. The fraction of sp³-hybridized carbons (Fsp3) is 0.923. The van der Waals surface area contributed by atoms with Crippen LogP contribution in [-0.2, 0) is 9.47 Å². The molecule has 4 atom stereocenters. The standard InChI is InChI=1S/C26H50O5/c1-2-3-4-5-6-7-8-9-10-11-12-13-14-15-16-17-18-19-20-30-24(21-27)26-25(29)23(28)22-31-26/h2,23-29H,1,3-22H2/t23-,24+,25-,26-/m0/s1. The Hall–Kier alpha value is -0.460. The Morgan fingerprint density at radius 1 is 0.774 bits per heavy atom. The van der Waals surface area contributed by atoms with E-state index in [1.165, 1.54) is 96.3 Å². The molecule has 0 aromatic carbocycles. The average molecular weight is 443 g/mol. The van der Waals surface area contributed by atoms with Crippen molar-refractivity contribution in [2.24, 2.45) is 0 Å². The highest BCUT2D eigenvalue weighted by Crippen LogP contribution is 2.20. The van der Waals surface area contributed by atoms with Gasteiger partial charge < -0.3 is 24.8 Å². The minimum Gasteiger partial charge on any atom is -0.394 e. The van der Waals surface area contributed by atoms with Gasteiger partial charge in [-0.15, -0.1) is 6.58 Å². The van der Waals surface area contributed by atoms with Gasteiger partial charge in [0.05, 0.1) is 13.2 Å². The molecule has 5 heteroatoms. The van der Waals surface area contributed by atoms with E-state index in [4.69, 9.17) is 9.47 Å². The van der Waals surface area contributed by atoms with E-state index in [2.05, 4.69) is 6.58 Å². The van der Waals surface area contributed by atoms with Gasteiger partial charge in [-0.05, 0) is 19.3 Å². The summed E-state index contributed by atoms with van der Waals surface area (Å²) in [5.74, 6) is 0. The van der Waals surface area contributed by atoms with E-state index in [-0.39, 0.29) is 13.2 Å². The van der Waals surface area contributed by atoms with Gasteiger partial charge in [0, 0.05) is 6.61 Å².